The first-order valence-electron chi connectivity index (χ1n) is 13.7. The van der Waals surface area contributed by atoms with Crippen LogP contribution in [0.25, 0.3) is 0 Å². The minimum Gasteiger partial charge on any atom is -0.367 e. The van der Waals surface area contributed by atoms with Crippen molar-refractivity contribution in [2.75, 3.05) is 36.4 Å². The molecule has 206 valence electrons. The lowest BCUT2D eigenvalue weighted by Gasteiger charge is -2.36. The van der Waals surface area contributed by atoms with E-state index in [-0.39, 0.29) is 36.1 Å². The molecular weight excluding hydrogens is 513 g/mol. The van der Waals surface area contributed by atoms with E-state index in [0.29, 0.717) is 36.6 Å². The monoisotopic (exact) mass is 549 g/mol. The zero-order valence-corrected chi connectivity index (χ0v) is 22.9. The molecule has 0 spiro atoms. The number of nitrogens with one attached hydrogen (secondary N) is 2. The number of amides is 2. The first-order chi connectivity index (χ1) is 19.0. The third-order valence-corrected chi connectivity index (χ3v) is 8.53. The highest BCUT2D eigenvalue weighted by atomic mass is 32.1. The Bertz CT molecular complexity index is 1280. The summed E-state index contributed by atoms with van der Waals surface area (Å²) < 4.78 is 14.3. The first kappa shape index (κ1) is 27.3. The quantitative estimate of drug-likeness (QED) is 0.388. The standard InChI is InChI=1S/C30H36FN5O2S/c31-24-7-1-4-10-28(24)36-15-13-35(14-16-36)20-22-12-11-21(30(38)34-26-9-3-2-8-25(26)32)18-27(22)33-29(37)19-23-6-5-17-39-23/h1,4-7,10-12,17-18,25-26H,2-3,8-9,13-16,19-20,32H2,(H,33,37)(H,34,38). The summed E-state index contributed by atoms with van der Waals surface area (Å²) in [4.78, 5) is 31.4. The Morgan fingerprint density at radius 3 is 2.54 bits per heavy atom. The van der Waals surface area contributed by atoms with E-state index in [9.17, 15) is 14.0 Å². The number of carbonyl (C=O) groups excluding carboxylic acids is 2. The lowest BCUT2D eigenvalue weighted by molar-refractivity contribution is -0.115. The molecule has 1 saturated heterocycles. The smallest absolute Gasteiger partial charge is 0.251 e. The number of thiophene rings is 1. The van der Waals surface area contributed by atoms with E-state index in [2.05, 4.69) is 20.4 Å². The Balaban J connectivity index is 1.29. The van der Waals surface area contributed by atoms with E-state index in [1.807, 2.05) is 41.8 Å². The van der Waals surface area contributed by atoms with E-state index < -0.39 is 0 Å². The van der Waals surface area contributed by atoms with Gasteiger partial charge in [-0.25, -0.2) is 4.39 Å². The summed E-state index contributed by atoms with van der Waals surface area (Å²) >= 11 is 1.55. The molecule has 7 nitrogen and oxygen atoms in total. The maximum Gasteiger partial charge on any atom is 0.251 e. The van der Waals surface area contributed by atoms with Crippen LogP contribution in [0.1, 0.15) is 46.5 Å². The van der Waals surface area contributed by atoms with Crippen molar-refractivity contribution < 1.29 is 14.0 Å². The molecule has 2 amide bonds. The molecule has 1 saturated carbocycles. The Hall–Kier alpha value is -3.27. The number of hydrogen-bond donors (Lipinski definition) is 3. The molecular formula is C30H36FN5O2S. The molecule has 0 radical (unpaired) electrons. The van der Waals surface area contributed by atoms with Crippen LogP contribution >= 0.6 is 11.3 Å². The summed E-state index contributed by atoms with van der Waals surface area (Å²) in [6.07, 6.45) is 4.24. The second kappa shape index (κ2) is 12.7. The van der Waals surface area contributed by atoms with E-state index in [1.165, 1.54) is 6.07 Å². The molecule has 2 unspecified atom stereocenters. The highest BCUT2D eigenvalue weighted by Gasteiger charge is 2.25. The molecule has 2 fully saturated rings. The van der Waals surface area contributed by atoms with Gasteiger partial charge in [0.25, 0.3) is 5.91 Å². The molecule has 2 atom stereocenters. The summed E-state index contributed by atoms with van der Waals surface area (Å²) in [5, 5.41) is 8.12. The van der Waals surface area contributed by atoms with Gasteiger partial charge >= 0.3 is 0 Å². The maximum atomic E-state index is 14.3. The van der Waals surface area contributed by atoms with Crippen LogP contribution in [0.5, 0.6) is 0 Å². The zero-order valence-electron chi connectivity index (χ0n) is 22.1. The zero-order chi connectivity index (χ0) is 27.2. The van der Waals surface area contributed by atoms with Gasteiger partial charge in [-0.05, 0) is 54.1 Å². The highest BCUT2D eigenvalue weighted by Crippen LogP contribution is 2.25. The number of benzene rings is 2. The molecule has 1 aliphatic carbocycles. The number of piperazine rings is 1. The van der Waals surface area contributed by atoms with Crippen molar-refractivity contribution in [2.45, 2.75) is 50.7 Å². The maximum absolute atomic E-state index is 14.3. The largest absolute Gasteiger partial charge is 0.367 e. The second-order valence-corrected chi connectivity index (χ2v) is 11.5. The van der Waals surface area contributed by atoms with Crippen molar-refractivity contribution in [3.05, 3.63) is 81.8 Å². The molecule has 5 rings (SSSR count). The van der Waals surface area contributed by atoms with Crippen LogP contribution in [-0.4, -0.2) is 55.0 Å². The number of carbonyl (C=O) groups is 2. The van der Waals surface area contributed by atoms with Crippen LogP contribution in [0.2, 0.25) is 0 Å². The SMILES string of the molecule is NC1CCCCC1NC(=O)c1ccc(CN2CCN(c3ccccc3F)CC2)c(NC(=O)Cc2cccs2)c1. The molecule has 2 aliphatic rings. The van der Waals surface area contributed by atoms with Gasteiger partial charge in [-0.2, -0.15) is 0 Å². The minimum atomic E-state index is -0.204. The minimum absolute atomic E-state index is 0.0324. The van der Waals surface area contributed by atoms with E-state index in [1.54, 1.807) is 23.5 Å². The van der Waals surface area contributed by atoms with Crippen molar-refractivity contribution in [3.8, 4) is 0 Å². The molecule has 9 heteroatoms. The van der Waals surface area contributed by atoms with Crippen molar-refractivity contribution >= 4 is 34.5 Å². The lowest BCUT2D eigenvalue weighted by atomic mass is 9.91. The van der Waals surface area contributed by atoms with E-state index >= 15 is 0 Å². The third kappa shape index (κ3) is 7.03. The molecule has 0 bridgehead atoms. The van der Waals surface area contributed by atoms with Crippen molar-refractivity contribution in [2.24, 2.45) is 5.73 Å². The van der Waals surface area contributed by atoms with E-state index in [4.69, 9.17) is 5.73 Å². The van der Waals surface area contributed by atoms with Crippen LogP contribution in [-0.2, 0) is 17.8 Å². The number of nitrogens with zero attached hydrogens (tertiary/aromatic N) is 2. The molecule has 4 N–H and O–H groups in total. The number of nitrogens with two attached hydrogens (primary N) is 1. The molecule has 1 aliphatic heterocycles. The van der Waals surface area contributed by atoms with Crippen LogP contribution in [0, 0.1) is 5.82 Å². The van der Waals surface area contributed by atoms with Crippen LogP contribution < -0.4 is 21.3 Å². The number of para-hydroxylation sites is 1. The van der Waals surface area contributed by atoms with Crippen LogP contribution in [0.15, 0.2) is 60.0 Å². The second-order valence-electron chi connectivity index (χ2n) is 10.4. The van der Waals surface area contributed by atoms with Crippen molar-refractivity contribution in [3.63, 3.8) is 0 Å². The van der Waals surface area contributed by atoms with Gasteiger partial charge in [-0.15, -0.1) is 11.3 Å². The average Bonchev–Trinajstić information content (AvgIpc) is 3.44. The van der Waals surface area contributed by atoms with Gasteiger partial charge in [-0.3, -0.25) is 14.5 Å². The van der Waals surface area contributed by atoms with Gasteiger partial charge < -0.3 is 21.3 Å². The van der Waals surface area contributed by atoms with Crippen molar-refractivity contribution in [1.82, 2.24) is 10.2 Å². The summed E-state index contributed by atoms with van der Waals surface area (Å²) in [7, 11) is 0. The number of hydrogen-bond acceptors (Lipinski definition) is 6. The average molecular weight is 550 g/mol. The van der Waals surface area contributed by atoms with Crippen LogP contribution in [0.3, 0.4) is 0 Å². The summed E-state index contributed by atoms with van der Waals surface area (Å²) in [6.45, 7) is 3.57. The molecule has 39 heavy (non-hydrogen) atoms. The van der Waals surface area contributed by atoms with Gasteiger partial charge in [0, 0.05) is 60.9 Å². The summed E-state index contributed by atoms with van der Waals surface area (Å²) in [5.41, 5.74) is 8.98. The fourth-order valence-electron chi connectivity index (χ4n) is 5.42. The van der Waals surface area contributed by atoms with Gasteiger partial charge in [0.1, 0.15) is 5.82 Å². The lowest BCUT2D eigenvalue weighted by Crippen LogP contribution is -2.49. The summed E-state index contributed by atoms with van der Waals surface area (Å²) in [5.74, 6) is -0.490. The summed E-state index contributed by atoms with van der Waals surface area (Å²) in [6, 6.07) is 16.2. The van der Waals surface area contributed by atoms with Crippen LogP contribution in [0.4, 0.5) is 15.8 Å². The van der Waals surface area contributed by atoms with Gasteiger partial charge in [0.05, 0.1) is 12.1 Å². The molecule has 2 aromatic carbocycles. The Labute approximate surface area is 233 Å². The number of halogens is 1. The Kier molecular flexibility index (Phi) is 8.91. The fourth-order valence-corrected chi connectivity index (χ4v) is 6.13. The fraction of sp³-hybridized carbons (Fsp3) is 0.400. The van der Waals surface area contributed by atoms with E-state index in [0.717, 1.165) is 49.2 Å². The van der Waals surface area contributed by atoms with Gasteiger partial charge in [0.2, 0.25) is 5.91 Å². The molecule has 3 aromatic rings. The Morgan fingerprint density at radius 1 is 1.00 bits per heavy atom. The Morgan fingerprint density at radius 2 is 1.79 bits per heavy atom. The predicted molar refractivity (Wildman–Crippen MR) is 155 cm³/mol. The number of rotatable bonds is 8. The van der Waals surface area contributed by atoms with Crippen molar-refractivity contribution in [1.29, 1.82) is 0 Å². The predicted octanol–water partition coefficient (Wildman–Crippen LogP) is 4.39. The third-order valence-electron chi connectivity index (χ3n) is 7.66. The highest BCUT2D eigenvalue weighted by molar-refractivity contribution is 7.10. The normalized spacial score (nSPS) is 20.0. The number of anilines is 2. The first-order valence-corrected chi connectivity index (χ1v) is 14.6. The molecule has 2 heterocycles. The van der Waals surface area contributed by atoms with Gasteiger partial charge in [-0.1, -0.05) is 37.1 Å². The topological polar surface area (TPSA) is 90.7 Å². The van der Waals surface area contributed by atoms with Gasteiger partial charge in [0.15, 0.2) is 0 Å². The molecule has 1 aromatic heterocycles.